The van der Waals surface area contributed by atoms with Gasteiger partial charge in [0.1, 0.15) is 0 Å². The van der Waals surface area contributed by atoms with E-state index in [1.54, 1.807) is 24.5 Å². The zero-order chi connectivity index (χ0) is 15.8. The number of aromatic nitrogens is 2. The molecule has 5 nitrogen and oxygen atoms in total. The van der Waals surface area contributed by atoms with Crippen LogP contribution in [0, 0.1) is 6.92 Å². The molecule has 0 spiro atoms. The molecular weight excluding hydrogens is 276 g/mol. The van der Waals surface area contributed by atoms with Gasteiger partial charge in [-0.1, -0.05) is 6.42 Å². The lowest BCUT2D eigenvalue weighted by molar-refractivity contribution is 0.0953. The Morgan fingerprint density at radius 3 is 2.55 bits per heavy atom. The number of pyridine rings is 2. The van der Waals surface area contributed by atoms with Crippen molar-refractivity contribution in [3.63, 3.8) is 0 Å². The van der Waals surface area contributed by atoms with Gasteiger partial charge in [0, 0.05) is 24.5 Å². The Labute approximate surface area is 131 Å². The van der Waals surface area contributed by atoms with Crippen molar-refractivity contribution in [1.29, 1.82) is 0 Å². The highest BCUT2D eigenvalue weighted by Gasteiger charge is 2.08. The number of carbonyl (C=O) groups is 1. The molecule has 0 unspecified atom stereocenters. The van der Waals surface area contributed by atoms with Crippen LogP contribution >= 0.6 is 0 Å². The Kier molecular flexibility index (Phi) is 6.03. The Morgan fingerprint density at radius 2 is 1.82 bits per heavy atom. The molecule has 116 valence electrons. The maximum Gasteiger partial charge on any atom is 0.251 e. The molecule has 2 aromatic heterocycles. The first-order valence-corrected chi connectivity index (χ1v) is 7.58. The number of amides is 1. The fourth-order valence-electron chi connectivity index (χ4n) is 2.14. The second-order valence-corrected chi connectivity index (χ2v) is 5.25. The molecule has 0 saturated heterocycles. The second kappa shape index (κ2) is 8.24. The maximum atomic E-state index is 12.1. The minimum absolute atomic E-state index is 0.0796. The normalized spacial score (nSPS) is 10.5. The van der Waals surface area contributed by atoms with E-state index in [1.807, 2.05) is 19.1 Å². The summed E-state index contributed by atoms with van der Waals surface area (Å²) in [6.45, 7) is 3.37. The molecule has 0 aromatic carbocycles. The van der Waals surface area contributed by atoms with Crippen LogP contribution in [0.4, 0.5) is 0 Å². The fraction of sp³-hybridized carbons (Fsp3) is 0.353. The van der Waals surface area contributed by atoms with Crippen molar-refractivity contribution in [3.05, 3.63) is 47.8 Å². The fourth-order valence-corrected chi connectivity index (χ4v) is 2.14. The first kappa shape index (κ1) is 16.1. The molecule has 0 atom stereocenters. The molecule has 0 aliphatic rings. The number of aryl methyl sites for hydroxylation is 1. The number of unbranched alkanes of at least 4 members (excludes halogenated alkanes) is 2. The highest BCUT2D eigenvalue weighted by molar-refractivity contribution is 5.94. The molecule has 2 heterocycles. The van der Waals surface area contributed by atoms with Gasteiger partial charge in [-0.25, -0.2) is 0 Å². The third-order valence-corrected chi connectivity index (χ3v) is 3.37. The average Bonchev–Trinajstić information content (AvgIpc) is 2.54. The summed E-state index contributed by atoms with van der Waals surface area (Å²) < 4.78 is 0. The van der Waals surface area contributed by atoms with Crippen LogP contribution in [0.15, 0.2) is 36.7 Å². The third kappa shape index (κ3) is 4.63. The summed E-state index contributed by atoms with van der Waals surface area (Å²) in [6, 6.07) is 7.38. The summed E-state index contributed by atoms with van der Waals surface area (Å²) in [5.74, 6) is -0.0796. The van der Waals surface area contributed by atoms with Crippen LogP contribution in [0.3, 0.4) is 0 Å². The standard InChI is InChI=1S/C17H22N4O/c1-13-5-9-19-15(11-13)16-12-14(6-10-20-16)17(22)21-8-4-2-3-7-18/h5-6,9-12H,2-4,7-8,18H2,1H3,(H,21,22). The first-order chi connectivity index (χ1) is 10.7. The Hall–Kier alpha value is -2.27. The number of nitrogens with two attached hydrogens (primary N) is 1. The number of hydrogen-bond donors (Lipinski definition) is 2. The van der Waals surface area contributed by atoms with Gasteiger partial charge in [-0.05, 0) is 56.1 Å². The lowest BCUT2D eigenvalue weighted by atomic mass is 10.1. The van der Waals surface area contributed by atoms with Crippen molar-refractivity contribution in [2.75, 3.05) is 13.1 Å². The van der Waals surface area contributed by atoms with Crippen molar-refractivity contribution in [1.82, 2.24) is 15.3 Å². The molecule has 0 fully saturated rings. The van der Waals surface area contributed by atoms with Crippen molar-refractivity contribution < 1.29 is 4.79 Å². The van der Waals surface area contributed by atoms with Crippen LogP contribution in [-0.4, -0.2) is 29.0 Å². The van der Waals surface area contributed by atoms with Gasteiger partial charge in [-0.2, -0.15) is 0 Å². The molecule has 0 aliphatic heterocycles. The minimum atomic E-state index is -0.0796. The highest BCUT2D eigenvalue weighted by Crippen LogP contribution is 2.16. The molecule has 0 radical (unpaired) electrons. The summed E-state index contributed by atoms with van der Waals surface area (Å²) >= 11 is 0. The molecule has 3 N–H and O–H groups in total. The predicted octanol–water partition coefficient (Wildman–Crippen LogP) is 2.31. The predicted molar refractivity (Wildman–Crippen MR) is 87.4 cm³/mol. The summed E-state index contributed by atoms with van der Waals surface area (Å²) in [5, 5.41) is 2.92. The largest absolute Gasteiger partial charge is 0.352 e. The summed E-state index contributed by atoms with van der Waals surface area (Å²) in [5.41, 5.74) is 8.64. The van der Waals surface area contributed by atoms with E-state index in [0.717, 1.165) is 30.5 Å². The zero-order valence-corrected chi connectivity index (χ0v) is 12.9. The van der Waals surface area contributed by atoms with Crippen LogP contribution in [-0.2, 0) is 0 Å². The van der Waals surface area contributed by atoms with Gasteiger partial charge in [-0.15, -0.1) is 0 Å². The zero-order valence-electron chi connectivity index (χ0n) is 12.9. The maximum absolute atomic E-state index is 12.1. The van der Waals surface area contributed by atoms with Gasteiger partial charge in [0.25, 0.3) is 5.91 Å². The summed E-state index contributed by atoms with van der Waals surface area (Å²) in [7, 11) is 0. The van der Waals surface area contributed by atoms with Crippen LogP contribution < -0.4 is 11.1 Å². The number of carbonyl (C=O) groups excluding carboxylic acids is 1. The van der Waals surface area contributed by atoms with Crippen LogP contribution in [0.2, 0.25) is 0 Å². The van der Waals surface area contributed by atoms with Gasteiger partial charge in [-0.3, -0.25) is 14.8 Å². The second-order valence-electron chi connectivity index (χ2n) is 5.25. The molecular formula is C17H22N4O. The Morgan fingerprint density at radius 1 is 1.09 bits per heavy atom. The number of rotatable bonds is 7. The molecule has 1 amide bonds. The van der Waals surface area contributed by atoms with Crippen molar-refractivity contribution >= 4 is 5.91 Å². The van der Waals surface area contributed by atoms with E-state index in [1.165, 1.54) is 0 Å². The molecule has 5 heteroatoms. The molecule has 2 rings (SSSR count). The number of nitrogens with zero attached hydrogens (tertiary/aromatic N) is 2. The van der Waals surface area contributed by atoms with E-state index in [0.29, 0.717) is 24.3 Å². The SMILES string of the molecule is Cc1ccnc(-c2cc(C(=O)NCCCCCN)ccn2)c1. The topological polar surface area (TPSA) is 80.9 Å². The summed E-state index contributed by atoms with van der Waals surface area (Å²) in [6.07, 6.45) is 6.36. The number of hydrogen-bond acceptors (Lipinski definition) is 4. The van der Waals surface area contributed by atoms with E-state index >= 15 is 0 Å². The first-order valence-electron chi connectivity index (χ1n) is 7.58. The van der Waals surface area contributed by atoms with E-state index in [4.69, 9.17) is 5.73 Å². The van der Waals surface area contributed by atoms with E-state index in [2.05, 4.69) is 15.3 Å². The van der Waals surface area contributed by atoms with Gasteiger partial charge in [0.05, 0.1) is 11.4 Å². The van der Waals surface area contributed by atoms with E-state index in [9.17, 15) is 4.79 Å². The van der Waals surface area contributed by atoms with E-state index in [-0.39, 0.29) is 5.91 Å². The molecule has 2 aromatic rings. The minimum Gasteiger partial charge on any atom is -0.352 e. The van der Waals surface area contributed by atoms with Gasteiger partial charge in [0.15, 0.2) is 0 Å². The molecule has 22 heavy (non-hydrogen) atoms. The van der Waals surface area contributed by atoms with Gasteiger partial charge < -0.3 is 11.1 Å². The number of nitrogens with one attached hydrogen (secondary N) is 1. The molecule has 0 saturated carbocycles. The van der Waals surface area contributed by atoms with Gasteiger partial charge >= 0.3 is 0 Å². The van der Waals surface area contributed by atoms with Crippen LogP contribution in [0.25, 0.3) is 11.4 Å². The molecule has 0 aliphatic carbocycles. The van der Waals surface area contributed by atoms with Crippen molar-refractivity contribution in [2.45, 2.75) is 26.2 Å². The van der Waals surface area contributed by atoms with Crippen LogP contribution in [0.5, 0.6) is 0 Å². The monoisotopic (exact) mass is 298 g/mol. The van der Waals surface area contributed by atoms with Gasteiger partial charge in [0.2, 0.25) is 0 Å². The van der Waals surface area contributed by atoms with E-state index < -0.39 is 0 Å². The Balaban J connectivity index is 2.00. The van der Waals surface area contributed by atoms with Crippen molar-refractivity contribution in [2.24, 2.45) is 5.73 Å². The highest BCUT2D eigenvalue weighted by atomic mass is 16.1. The van der Waals surface area contributed by atoms with Crippen molar-refractivity contribution in [3.8, 4) is 11.4 Å². The quantitative estimate of drug-likeness (QED) is 0.769. The van der Waals surface area contributed by atoms with Crippen LogP contribution in [0.1, 0.15) is 35.2 Å². The summed E-state index contributed by atoms with van der Waals surface area (Å²) in [4.78, 5) is 20.7. The average molecular weight is 298 g/mol. The Bertz CT molecular complexity index is 628. The lowest BCUT2D eigenvalue weighted by Gasteiger charge is -2.06. The third-order valence-electron chi connectivity index (χ3n) is 3.37. The smallest absolute Gasteiger partial charge is 0.251 e. The molecule has 0 bridgehead atoms. The lowest BCUT2D eigenvalue weighted by Crippen LogP contribution is -2.24.